The first-order chi connectivity index (χ1) is 16.0. The molecule has 2 saturated carbocycles. The van der Waals surface area contributed by atoms with Crippen LogP contribution in [0.2, 0.25) is 0 Å². The molecule has 2 aliphatic carbocycles. The molecule has 33 heavy (non-hydrogen) atoms. The van der Waals surface area contributed by atoms with Gasteiger partial charge in [-0.15, -0.1) is 0 Å². The van der Waals surface area contributed by atoms with E-state index in [1.807, 2.05) is 35.9 Å². The Hall–Kier alpha value is -3.46. The van der Waals surface area contributed by atoms with Crippen molar-refractivity contribution in [1.29, 1.82) is 0 Å². The highest BCUT2D eigenvalue weighted by Gasteiger charge is 2.41. The van der Waals surface area contributed by atoms with Crippen molar-refractivity contribution in [3.63, 3.8) is 0 Å². The minimum absolute atomic E-state index is 0.00376. The number of nitrogens with one attached hydrogen (secondary N) is 3. The third-order valence-electron chi connectivity index (χ3n) is 6.94. The number of likely N-dealkylation sites (N-methyl/N-ethyl adjacent to an activating group) is 1. The van der Waals surface area contributed by atoms with Gasteiger partial charge in [0.25, 0.3) is 5.91 Å². The number of aromatic nitrogens is 3. The molecule has 2 bridgehead atoms. The number of rotatable bonds is 8. The Kier molecular flexibility index (Phi) is 5.72. The number of hydrogen-bond acceptors (Lipinski definition) is 7. The van der Waals surface area contributed by atoms with Gasteiger partial charge in [0.05, 0.1) is 5.39 Å². The summed E-state index contributed by atoms with van der Waals surface area (Å²) in [5, 5.41) is 9.99. The van der Waals surface area contributed by atoms with Crippen molar-refractivity contribution < 1.29 is 4.79 Å². The second-order valence-electron chi connectivity index (χ2n) is 9.05. The van der Waals surface area contributed by atoms with Crippen LogP contribution in [0.4, 0.5) is 17.3 Å². The van der Waals surface area contributed by atoms with Crippen LogP contribution < -0.4 is 27.1 Å². The average molecular weight is 448 g/mol. The van der Waals surface area contributed by atoms with Gasteiger partial charge in [0.1, 0.15) is 11.2 Å². The summed E-state index contributed by atoms with van der Waals surface area (Å²) in [6.45, 7) is 1.72. The van der Waals surface area contributed by atoms with Crippen molar-refractivity contribution in [2.45, 2.75) is 31.7 Å². The lowest BCUT2D eigenvalue weighted by molar-refractivity contribution is 0.0998. The largest absolute Gasteiger partial charge is 0.384 e. The first-order valence-electron chi connectivity index (χ1n) is 11.5. The first-order valence-corrected chi connectivity index (χ1v) is 11.5. The summed E-state index contributed by atoms with van der Waals surface area (Å²) in [4.78, 5) is 33.9. The van der Waals surface area contributed by atoms with Crippen LogP contribution in [0.5, 0.6) is 0 Å². The van der Waals surface area contributed by atoms with Gasteiger partial charge < -0.3 is 26.3 Å². The maximum atomic E-state index is 12.9. The average Bonchev–Trinajstić information content (AvgIpc) is 3.44. The second-order valence-corrected chi connectivity index (χ2v) is 9.05. The van der Waals surface area contributed by atoms with Crippen LogP contribution in [0.1, 0.15) is 42.1 Å². The van der Waals surface area contributed by atoms with Crippen LogP contribution in [-0.2, 0) is 0 Å². The molecule has 9 heteroatoms. The Morgan fingerprint density at radius 1 is 1.15 bits per heavy atom. The van der Waals surface area contributed by atoms with Gasteiger partial charge in [0, 0.05) is 42.9 Å². The molecule has 2 heterocycles. The Bertz CT molecular complexity index is 1240. The van der Waals surface area contributed by atoms with Crippen LogP contribution in [0.25, 0.3) is 11.0 Å². The van der Waals surface area contributed by atoms with E-state index in [-0.39, 0.29) is 11.6 Å². The number of carbonyl (C=O) groups excluding carboxylic acids is 1. The third kappa shape index (κ3) is 4.16. The molecule has 3 aromatic rings. The minimum atomic E-state index is -0.718. The number of hydrogen-bond donors (Lipinski definition) is 4. The smallest absolute Gasteiger partial charge is 0.254 e. The zero-order valence-corrected chi connectivity index (χ0v) is 18.7. The summed E-state index contributed by atoms with van der Waals surface area (Å²) >= 11 is 0. The third-order valence-corrected chi connectivity index (χ3v) is 6.94. The molecule has 1 amide bonds. The monoisotopic (exact) mass is 447 g/mol. The highest BCUT2D eigenvalue weighted by Crippen LogP contribution is 2.51. The van der Waals surface area contributed by atoms with E-state index in [1.165, 1.54) is 25.5 Å². The summed E-state index contributed by atoms with van der Waals surface area (Å²) in [5.41, 5.74) is 7.52. The van der Waals surface area contributed by atoms with Gasteiger partial charge in [-0.25, -0.2) is 4.98 Å². The Balaban J connectivity index is 1.48. The molecule has 0 saturated heterocycles. The van der Waals surface area contributed by atoms with E-state index in [4.69, 9.17) is 10.7 Å². The maximum absolute atomic E-state index is 12.9. The number of fused-ring (bicyclic) bond motifs is 3. The quantitative estimate of drug-likeness (QED) is 0.391. The number of carbonyl (C=O) groups is 1. The van der Waals surface area contributed by atoms with Crippen molar-refractivity contribution in [3.05, 3.63) is 52.4 Å². The molecule has 0 spiro atoms. The summed E-state index contributed by atoms with van der Waals surface area (Å²) in [5.74, 6) is 0.924. The Morgan fingerprint density at radius 3 is 2.61 bits per heavy atom. The number of benzene rings is 1. The molecule has 9 nitrogen and oxygen atoms in total. The lowest BCUT2D eigenvalue weighted by atomic mass is 9.94. The van der Waals surface area contributed by atoms with Crippen LogP contribution in [0.3, 0.4) is 0 Å². The number of pyridine rings is 1. The molecule has 5 N–H and O–H groups in total. The zero-order valence-electron chi connectivity index (χ0n) is 18.7. The number of anilines is 3. The van der Waals surface area contributed by atoms with E-state index in [2.05, 4.69) is 20.9 Å². The Morgan fingerprint density at radius 2 is 1.94 bits per heavy atom. The van der Waals surface area contributed by atoms with Gasteiger partial charge in [0.15, 0.2) is 0 Å². The lowest BCUT2D eigenvalue weighted by Crippen LogP contribution is -2.27. The summed E-state index contributed by atoms with van der Waals surface area (Å²) in [7, 11) is 1.92. The van der Waals surface area contributed by atoms with Crippen LogP contribution in [0.15, 0.2) is 41.5 Å². The molecule has 5 rings (SSSR count). The van der Waals surface area contributed by atoms with Gasteiger partial charge in [-0.05, 0) is 62.4 Å². The van der Waals surface area contributed by atoms with Crippen molar-refractivity contribution in [1.82, 2.24) is 19.9 Å². The molecule has 3 atom stereocenters. The number of nitrogens with two attached hydrogens (primary N) is 1. The number of nitrogens with zero attached hydrogens (tertiary/aromatic N) is 3. The SMILES string of the molecule is CNCCNc1ccc(Nc2ncc3c(=O)c(C(N)=O)cn(C4CC5CC[C@@H]4C5)c3n2)cc1. The van der Waals surface area contributed by atoms with Gasteiger partial charge in [-0.1, -0.05) is 6.42 Å². The Labute approximate surface area is 191 Å². The van der Waals surface area contributed by atoms with E-state index < -0.39 is 11.3 Å². The van der Waals surface area contributed by atoms with Gasteiger partial charge in [-0.3, -0.25) is 9.59 Å². The molecule has 2 aliphatic rings. The molecule has 2 aromatic heterocycles. The lowest BCUT2D eigenvalue weighted by Gasteiger charge is -2.26. The summed E-state index contributed by atoms with van der Waals surface area (Å²) in [6.07, 6.45) is 7.76. The normalized spacial score (nSPS) is 21.4. The zero-order chi connectivity index (χ0) is 22.9. The second kappa shape index (κ2) is 8.82. The molecule has 0 radical (unpaired) electrons. The van der Waals surface area contributed by atoms with Crippen molar-refractivity contribution in [2.24, 2.45) is 17.6 Å². The van der Waals surface area contributed by atoms with Crippen molar-refractivity contribution in [2.75, 3.05) is 30.8 Å². The topological polar surface area (TPSA) is 127 Å². The fraction of sp³-hybridized carbons (Fsp3) is 0.417. The molecular weight excluding hydrogens is 418 g/mol. The summed E-state index contributed by atoms with van der Waals surface area (Å²) in [6, 6.07) is 8.10. The van der Waals surface area contributed by atoms with Crippen LogP contribution in [-0.4, -0.2) is 40.6 Å². The van der Waals surface area contributed by atoms with E-state index in [1.54, 1.807) is 6.20 Å². The van der Waals surface area contributed by atoms with Crippen LogP contribution in [0, 0.1) is 11.8 Å². The molecule has 0 aliphatic heterocycles. The van der Waals surface area contributed by atoms with E-state index in [9.17, 15) is 9.59 Å². The molecule has 172 valence electrons. The van der Waals surface area contributed by atoms with Gasteiger partial charge in [-0.2, -0.15) is 4.98 Å². The van der Waals surface area contributed by atoms with E-state index in [0.717, 1.165) is 30.9 Å². The molecule has 2 fully saturated rings. The number of amides is 1. The van der Waals surface area contributed by atoms with Crippen molar-refractivity contribution in [3.8, 4) is 0 Å². The highest BCUT2D eigenvalue weighted by molar-refractivity contribution is 5.95. The van der Waals surface area contributed by atoms with Crippen molar-refractivity contribution >= 4 is 34.3 Å². The fourth-order valence-corrected chi connectivity index (χ4v) is 5.31. The molecule has 1 aromatic carbocycles. The van der Waals surface area contributed by atoms with E-state index >= 15 is 0 Å². The molecule has 2 unspecified atom stereocenters. The predicted octanol–water partition coefficient (Wildman–Crippen LogP) is 2.63. The maximum Gasteiger partial charge on any atom is 0.254 e. The summed E-state index contributed by atoms with van der Waals surface area (Å²) < 4.78 is 2.00. The highest BCUT2D eigenvalue weighted by atomic mass is 16.2. The van der Waals surface area contributed by atoms with Gasteiger partial charge >= 0.3 is 0 Å². The van der Waals surface area contributed by atoms with E-state index in [0.29, 0.717) is 28.8 Å². The van der Waals surface area contributed by atoms with Crippen LogP contribution >= 0.6 is 0 Å². The van der Waals surface area contributed by atoms with Gasteiger partial charge in [0.2, 0.25) is 11.4 Å². The number of primary amides is 1. The minimum Gasteiger partial charge on any atom is -0.384 e. The molecular formula is C24H29N7O2. The first kappa shape index (κ1) is 21.4. The standard InChI is InChI=1S/C24H29N7O2/c1-26-8-9-27-16-4-6-17(7-5-16)29-24-28-12-18-21(32)19(22(25)33)13-31(23(18)30-24)20-11-14-2-3-15(20)10-14/h4-7,12-15,20,26-27H,2-3,8-11H2,1H3,(H2,25,33)(H,28,29,30)/t14?,15-,20?/m1/s1. The fourth-order valence-electron chi connectivity index (χ4n) is 5.31. The predicted molar refractivity (Wildman–Crippen MR) is 129 cm³/mol.